The first kappa shape index (κ1) is 12.7. The second-order valence-corrected chi connectivity index (χ2v) is 4.99. The molecule has 102 valence electrons. The molecule has 5 nitrogen and oxygen atoms in total. The molecule has 1 aromatic carbocycles. The number of aliphatic hydroxyl groups excluding tert-OH is 1. The lowest BCUT2D eigenvalue weighted by Gasteiger charge is -2.11. The minimum absolute atomic E-state index is 0.133. The molecule has 0 amide bonds. The predicted octanol–water partition coefficient (Wildman–Crippen LogP) is 2.43. The van der Waals surface area contributed by atoms with Crippen molar-refractivity contribution in [3.05, 3.63) is 48.2 Å². The van der Waals surface area contributed by atoms with Crippen molar-refractivity contribution < 1.29 is 5.11 Å². The summed E-state index contributed by atoms with van der Waals surface area (Å²) >= 11 is 0. The Balaban J connectivity index is 2.19. The van der Waals surface area contributed by atoms with E-state index in [1.165, 1.54) is 0 Å². The van der Waals surface area contributed by atoms with Gasteiger partial charge >= 0.3 is 0 Å². The van der Waals surface area contributed by atoms with E-state index < -0.39 is 0 Å². The van der Waals surface area contributed by atoms with Crippen LogP contribution in [0, 0.1) is 0 Å². The molecule has 0 saturated heterocycles. The van der Waals surface area contributed by atoms with E-state index in [4.69, 9.17) is 0 Å². The zero-order chi connectivity index (χ0) is 14.1. The van der Waals surface area contributed by atoms with Crippen molar-refractivity contribution in [3.63, 3.8) is 0 Å². The van der Waals surface area contributed by atoms with Crippen molar-refractivity contribution in [2.75, 3.05) is 0 Å². The average Bonchev–Trinajstić information content (AvgIpc) is 2.90. The van der Waals surface area contributed by atoms with Gasteiger partial charge in [-0.15, -0.1) is 0 Å². The van der Waals surface area contributed by atoms with Gasteiger partial charge in [-0.1, -0.05) is 32.0 Å². The maximum Gasteiger partial charge on any atom is 0.131 e. The molecular weight excluding hydrogens is 252 g/mol. The number of benzene rings is 1. The van der Waals surface area contributed by atoms with Gasteiger partial charge in [0.25, 0.3) is 0 Å². The molecule has 3 aromatic rings. The number of aromatic nitrogens is 4. The quantitative estimate of drug-likeness (QED) is 0.792. The molecule has 0 spiro atoms. The van der Waals surface area contributed by atoms with Crippen molar-refractivity contribution in [2.24, 2.45) is 0 Å². The van der Waals surface area contributed by atoms with Gasteiger partial charge in [0, 0.05) is 11.3 Å². The Bertz CT molecular complexity index is 748. The number of aliphatic hydroxyl groups is 1. The fourth-order valence-corrected chi connectivity index (χ4v) is 2.16. The van der Waals surface area contributed by atoms with Crippen molar-refractivity contribution in [1.82, 2.24) is 19.7 Å². The molecule has 1 N–H and O–H groups in total. The summed E-state index contributed by atoms with van der Waals surface area (Å²) in [5, 5.41) is 15.0. The normalized spacial score (nSPS) is 11.4. The molecule has 0 aliphatic carbocycles. The van der Waals surface area contributed by atoms with E-state index in [2.05, 4.69) is 15.1 Å². The summed E-state index contributed by atoms with van der Waals surface area (Å²) in [4.78, 5) is 8.80. The molecule has 0 aliphatic rings. The molecule has 0 radical (unpaired) electrons. The van der Waals surface area contributed by atoms with Gasteiger partial charge in [0.05, 0.1) is 30.2 Å². The summed E-state index contributed by atoms with van der Waals surface area (Å²) in [5.41, 5.74) is 2.29. The van der Waals surface area contributed by atoms with Crippen LogP contribution in [0.2, 0.25) is 0 Å². The smallest absolute Gasteiger partial charge is 0.131 e. The first-order valence-electron chi connectivity index (χ1n) is 6.60. The first-order chi connectivity index (χ1) is 9.70. The van der Waals surface area contributed by atoms with Crippen molar-refractivity contribution in [2.45, 2.75) is 26.4 Å². The van der Waals surface area contributed by atoms with E-state index in [-0.39, 0.29) is 12.5 Å². The lowest BCUT2D eigenvalue weighted by molar-refractivity contribution is 0.275. The van der Waals surface area contributed by atoms with E-state index in [0.29, 0.717) is 5.69 Å². The summed E-state index contributed by atoms with van der Waals surface area (Å²) in [6, 6.07) is 7.92. The monoisotopic (exact) mass is 268 g/mol. The molecule has 0 atom stereocenters. The molecule has 3 rings (SSSR count). The van der Waals surface area contributed by atoms with E-state index >= 15 is 0 Å². The van der Waals surface area contributed by atoms with Crippen LogP contribution in [-0.4, -0.2) is 24.9 Å². The zero-order valence-corrected chi connectivity index (χ0v) is 11.5. The Labute approximate surface area is 116 Å². The van der Waals surface area contributed by atoms with Crippen molar-refractivity contribution in [3.8, 4) is 5.69 Å². The maximum atomic E-state index is 9.56. The van der Waals surface area contributed by atoms with Gasteiger partial charge < -0.3 is 5.11 Å². The Morgan fingerprint density at radius 1 is 1.20 bits per heavy atom. The highest BCUT2D eigenvalue weighted by molar-refractivity contribution is 5.80. The number of para-hydroxylation sites is 1. The highest BCUT2D eigenvalue weighted by atomic mass is 16.3. The Kier molecular flexibility index (Phi) is 3.20. The fraction of sp³-hybridized carbons (Fsp3) is 0.267. The van der Waals surface area contributed by atoms with E-state index in [9.17, 15) is 5.11 Å². The van der Waals surface area contributed by atoms with Crippen LogP contribution in [0.1, 0.15) is 31.3 Å². The summed E-state index contributed by atoms with van der Waals surface area (Å²) in [6.07, 6.45) is 3.53. The van der Waals surface area contributed by atoms with Crippen LogP contribution in [0.5, 0.6) is 0 Å². The van der Waals surface area contributed by atoms with Crippen LogP contribution >= 0.6 is 0 Å². The number of nitrogens with zero attached hydrogens (tertiary/aromatic N) is 4. The van der Waals surface area contributed by atoms with Crippen LogP contribution < -0.4 is 0 Å². The van der Waals surface area contributed by atoms with Crippen LogP contribution in [-0.2, 0) is 6.61 Å². The molecule has 0 aliphatic heterocycles. The fourth-order valence-electron chi connectivity index (χ4n) is 2.16. The third-order valence-corrected chi connectivity index (χ3v) is 3.24. The van der Waals surface area contributed by atoms with Crippen LogP contribution in [0.4, 0.5) is 0 Å². The Hall–Kier alpha value is -2.27. The maximum absolute atomic E-state index is 9.56. The Morgan fingerprint density at radius 2 is 2.00 bits per heavy atom. The minimum Gasteiger partial charge on any atom is -0.390 e. The SMILES string of the molecule is CC(C)c1ncc(-n2ncc3ccccc32)c(CO)n1. The van der Waals surface area contributed by atoms with E-state index in [0.717, 1.165) is 22.4 Å². The molecule has 0 fully saturated rings. The van der Waals surface area contributed by atoms with Gasteiger partial charge in [-0.2, -0.15) is 5.10 Å². The van der Waals surface area contributed by atoms with Gasteiger partial charge in [0.2, 0.25) is 0 Å². The summed E-state index contributed by atoms with van der Waals surface area (Å²) in [6.45, 7) is 3.92. The molecule has 20 heavy (non-hydrogen) atoms. The third kappa shape index (κ3) is 2.06. The Morgan fingerprint density at radius 3 is 2.75 bits per heavy atom. The van der Waals surface area contributed by atoms with Crippen molar-refractivity contribution >= 4 is 10.9 Å². The topological polar surface area (TPSA) is 63.8 Å². The number of rotatable bonds is 3. The van der Waals surface area contributed by atoms with Gasteiger partial charge in [0.15, 0.2) is 0 Å². The first-order valence-corrected chi connectivity index (χ1v) is 6.60. The van der Waals surface area contributed by atoms with E-state index in [1.54, 1.807) is 17.1 Å². The molecule has 2 heterocycles. The molecule has 0 bridgehead atoms. The average molecular weight is 268 g/mol. The largest absolute Gasteiger partial charge is 0.390 e. The van der Waals surface area contributed by atoms with Crippen LogP contribution in [0.25, 0.3) is 16.6 Å². The van der Waals surface area contributed by atoms with Gasteiger partial charge in [-0.25, -0.2) is 14.6 Å². The molecular formula is C15H16N4O. The number of fused-ring (bicyclic) bond motifs is 1. The number of hydrogen-bond donors (Lipinski definition) is 1. The minimum atomic E-state index is -0.133. The zero-order valence-electron chi connectivity index (χ0n) is 11.5. The highest BCUT2D eigenvalue weighted by Gasteiger charge is 2.13. The highest BCUT2D eigenvalue weighted by Crippen LogP contribution is 2.20. The van der Waals surface area contributed by atoms with Crippen LogP contribution in [0.3, 0.4) is 0 Å². The van der Waals surface area contributed by atoms with E-state index in [1.807, 2.05) is 38.1 Å². The lowest BCUT2D eigenvalue weighted by Crippen LogP contribution is -2.08. The van der Waals surface area contributed by atoms with Gasteiger partial charge in [-0.3, -0.25) is 0 Å². The molecule has 0 saturated carbocycles. The third-order valence-electron chi connectivity index (χ3n) is 3.24. The standard InChI is InChI=1S/C15H16N4O/c1-10(2)15-16-8-14(12(9-20)18-15)19-13-6-4-3-5-11(13)7-17-19/h3-8,10,20H,9H2,1-2H3. The molecule has 0 unspecified atom stereocenters. The summed E-state index contributed by atoms with van der Waals surface area (Å²) < 4.78 is 1.77. The van der Waals surface area contributed by atoms with Crippen molar-refractivity contribution in [1.29, 1.82) is 0 Å². The number of hydrogen-bond acceptors (Lipinski definition) is 4. The second kappa shape index (κ2) is 5.02. The van der Waals surface area contributed by atoms with Gasteiger partial charge in [0.1, 0.15) is 11.5 Å². The predicted molar refractivity (Wildman–Crippen MR) is 76.7 cm³/mol. The summed E-state index contributed by atoms with van der Waals surface area (Å²) in [5.74, 6) is 0.956. The lowest BCUT2D eigenvalue weighted by atomic mass is 10.2. The summed E-state index contributed by atoms with van der Waals surface area (Å²) in [7, 11) is 0. The van der Waals surface area contributed by atoms with Crippen LogP contribution in [0.15, 0.2) is 36.7 Å². The molecule has 2 aromatic heterocycles. The molecule has 5 heteroatoms. The van der Waals surface area contributed by atoms with Gasteiger partial charge in [-0.05, 0) is 6.07 Å². The second-order valence-electron chi connectivity index (χ2n) is 4.99.